The van der Waals surface area contributed by atoms with Crippen LogP contribution in [0.2, 0.25) is 5.02 Å². The number of hydrogen-bond donors (Lipinski definition) is 2. The van der Waals surface area contributed by atoms with Gasteiger partial charge in [0, 0.05) is 21.8 Å². The number of ether oxygens (including phenoxy) is 1. The number of hydrogen-bond acceptors (Lipinski definition) is 4. The molecule has 1 heterocycles. The molecular weight excluding hydrogens is 412 g/mol. The van der Waals surface area contributed by atoms with Crippen molar-refractivity contribution in [1.82, 2.24) is 4.90 Å². The highest BCUT2D eigenvalue weighted by atomic mass is 35.5. The van der Waals surface area contributed by atoms with Crippen molar-refractivity contribution in [3.05, 3.63) is 101 Å². The maximum atomic E-state index is 13.3. The number of carbonyl (C=O) groups excluding carboxylic acids is 1. The lowest BCUT2D eigenvalue weighted by Gasteiger charge is -2.37. The third-order valence-corrected chi connectivity index (χ3v) is 5.58. The number of benzene rings is 3. The van der Waals surface area contributed by atoms with E-state index in [1.165, 1.54) is 0 Å². The van der Waals surface area contributed by atoms with Gasteiger partial charge in [-0.25, -0.2) is 0 Å². The van der Waals surface area contributed by atoms with Crippen molar-refractivity contribution in [2.75, 3.05) is 19.0 Å². The maximum Gasteiger partial charge on any atom is 0.258 e. The lowest BCUT2D eigenvalue weighted by molar-refractivity contribution is 0.0708. The van der Waals surface area contributed by atoms with Crippen molar-refractivity contribution < 1.29 is 14.6 Å². The predicted molar refractivity (Wildman–Crippen MR) is 123 cm³/mol. The van der Waals surface area contributed by atoms with Gasteiger partial charge >= 0.3 is 0 Å². The topological polar surface area (TPSA) is 61.8 Å². The molecule has 6 heteroatoms. The van der Waals surface area contributed by atoms with Crippen LogP contribution in [0.15, 0.2) is 84.9 Å². The van der Waals surface area contributed by atoms with Crippen molar-refractivity contribution in [2.45, 2.75) is 12.1 Å². The zero-order valence-corrected chi connectivity index (χ0v) is 17.8. The molecule has 158 valence electrons. The molecule has 3 aromatic rings. The van der Waals surface area contributed by atoms with Gasteiger partial charge in [0.15, 0.2) is 0 Å². The van der Waals surface area contributed by atoms with Gasteiger partial charge in [0.25, 0.3) is 5.91 Å². The average molecular weight is 435 g/mol. The third-order valence-electron chi connectivity index (χ3n) is 5.25. The van der Waals surface area contributed by atoms with E-state index in [0.717, 1.165) is 17.0 Å². The third kappa shape index (κ3) is 4.58. The first-order chi connectivity index (χ1) is 15.1. The van der Waals surface area contributed by atoms with Crippen LogP contribution in [-0.4, -0.2) is 41.7 Å². The van der Waals surface area contributed by atoms with Crippen molar-refractivity contribution in [1.29, 1.82) is 0 Å². The fourth-order valence-corrected chi connectivity index (χ4v) is 3.85. The molecule has 0 fully saturated rings. The monoisotopic (exact) mass is 434 g/mol. The Kier molecular flexibility index (Phi) is 6.26. The summed E-state index contributed by atoms with van der Waals surface area (Å²) >= 11 is 6.48. The quantitative estimate of drug-likeness (QED) is 0.611. The van der Waals surface area contributed by atoms with Crippen LogP contribution in [0.4, 0.5) is 5.69 Å². The minimum atomic E-state index is -0.805. The minimum absolute atomic E-state index is 0.138. The summed E-state index contributed by atoms with van der Waals surface area (Å²) in [6.07, 6.45) is 1.06. The fraction of sp³-hybridized carbons (Fsp3) is 0.160. The molecule has 0 aromatic heterocycles. The molecule has 2 N–H and O–H groups in total. The smallest absolute Gasteiger partial charge is 0.258 e. The molecule has 0 saturated heterocycles. The molecule has 1 aliphatic heterocycles. The summed E-state index contributed by atoms with van der Waals surface area (Å²) in [5.74, 6) is 0.565. The number of halogens is 1. The summed E-state index contributed by atoms with van der Waals surface area (Å²) < 4.78 is 5.20. The minimum Gasteiger partial charge on any atom is -0.497 e. The summed E-state index contributed by atoms with van der Waals surface area (Å²) in [6.45, 7) is 0.138. The Bertz CT molecular complexity index is 1080. The number of anilines is 1. The molecule has 0 aliphatic carbocycles. The van der Waals surface area contributed by atoms with Crippen LogP contribution in [0, 0.1) is 0 Å². The molecule has 0 radical (unpaired) electrons. The summed E-state index contributed by atoms with van der Waals surface area (Å²) in [4.78, 5) is 14.9. The fourth-order valence-electron chi connectivity index (χ4n) is 3.62. The molecule has 1 amide bonds. The number of methoxy groups -OCH3 is 1. The standard InChI is InChI=1S/C25H23ClN2O3/c1-31-19-13-11-18(12-14-19)27-22-15-23(20-9-5-6-10-21(20)26)28(16-24(22)29)25(30)17-7-3-2-4-8-17/h2-15,22,24,27,29H,16H2,1H3/t22-,24-/m0/s1. The van der Waals surface area contributed by atoms with Gasteiger partial charge < -0.3 is 20.1 Å². The van der Waals surface area contributed by atoms with Crippen molar-refractivity contribution in [3.63, 3.8) is 0 Å². The first-order valence-electron chi connectivity index (χ1n) is 9.99. The molecular formula is C25H23ClN2O3. The number of β-amino-alcohol motifs (C(OH)–C–C–N with tert-alkyl or cyclic N) is 1. The van der Waals surface area contributed by atoms with Crippen LogP contribution in [0.1, 0.15) is 15.9 Å². The summed E-state index contributed by atoms with van der Waals surface area (Å²) in [6, 6.07) is 23.5. The van der Waals surface area contributed by atoms with Crippen molar-refractivity contribution >= 4 is 28.9 Å². The Labute approximate surface area is 186 Å². The van der Waals surface area contributed by atoms with Gasteiger partial charge in [-0.3, -0.25) is 4.79 Å². The van der Waals surface area contributed by atoms with Gasteiger partial charge in [-0.05, 0) is 48.5 Å². The molecule has 5 nitrogen and oxygen atoms in total. The zero-order chi connectivity index (χ0) is 21.8. The van der Waals surface area contributed by atoms with E-state index in [9.17, 15) is 9.90 Å². The zero-order valence-electron chi connectivity index (χ0n) is 17.0. The number of rotatable bonds is 5. The Morgan fingerprint density at radius 3 is 2.39 bits per heavy atom. The molecule has 0 bridgehead atoms. The Balaban J connectivity index is 1.71. The summed E-state index contributed by atoms with van der Waals surface area (Å²) in [5, 5.41) is 14.8. The number of nitrogens with one attached hydrogen (secondary N) is 1. The van der Waals surface area contributed by atoms with E-state index in [-0.39, 0.29) is 12.5 Å². The summed E-state index contributed by atoms with van der Waals surface area (Å²) in [5.41, 5.74) is 2.79. The number of amides is 1. The maximum absolute atomic E-state index is 13.3. The molecule has 0 unspecified atom stereocenters. The van der Waals surface area contributed by atoms with Crippen LogP contribution >= 0.6 is 11.6 Å². The van der Waals surface area contributed by atoms with Gasteiger partial charge in [0.1, 0.15) is 5.75 Å². The van der Waals surface area contributed by atoms with E-state index in [0.29, 0.717) is 16.3 Å². The van der Waals surface area contributed by atoms with Gasteiger partial charge in [-0.1, -0.05) is 48.0 Å². The van der Waals surface area contributed by atoms with Crippen LogP contribution in [0.5, 0.6) is 5.75 Å². The molecule has 1 aliphatic rings. The normalized spacial score (nSPS) is 18.3. The Morgan fingerprint density at radius 2 is 1.71 bits per heavy atom. The van der Waals surface area contributed by atoms with E-state index < -0.39 is 12.1 Å². The summed E-state index contributed by atoms with van der Waals surface area (Å²) in [7, 11) is 1.62. The SMILES string of the molecule is COc1ccc(N[C@H]2C=C(c3ccccc3Cl)N(C(=O)c3ccccc3)C[C@@H]2O)cc1. The van der Waals surface area contributed by atoms with Crippen molar-refractivity contribution in [2.24, 2.45) is 0 Å². The van der Waals surface area contributed by atoms with Gasteiger partial charge in [0.05, 0.1) is 31.5 Å². The molecule has 3 aromatic carbocycles. The van der Waals surface area contributed by atoms with E-state index >= 15 is 0 Å². The first kappa shape index (κ1) is 21.0. The lowest BCUT2D eigenvalue weighted by Crippen LogP contribution is -2.47. The number of nitrogens with zero attached hydrogens (tertiary/aromatic N) is 1. The number of carbonyl (C=O) groups is 1. The lowest BCUT2D eigenvalue weighted by atomic mass is 9.98. The van der Waals surface area contributed by atoms with Crippen LogP contribution < -0.4 is 10.1 Å². The second kappa shape index (κ2) is 9.25. The Morgan fingerprint density at radius 1 is 1.03 bits per heavy atom. The highest BCUT2D eigenvalue weighted by Gasteiger charge is 2.33. The highest BCUT2D eigenvalue weighted by Crippen LogP contribution is 2.32. The van der Waals surface area contributed by atoms with Crippen LogP contribution in [-0.2, 0) is 0 Å². The van der Waals surface area contributed by atoms with Gasteiger partial charge in [-0.2, -0.15) is 0 Å². The van der Waals surface area contributed by atoms with E-state index in [4.69, 9.17) is 16.3 Å². The van der Waals surface area contributed by atoms with E-state index in [1.807, 2.05) is 66.7 Å². The highest BCUT2D eigenvalue weighted by molar-refractivity contribution is 6.32. The molecule has 4 rings (SSSR count). The van der Waals surface area contributed by atoms with Gasteiger partial charge in [-0.15, -0.1) is 0 Å². The van der Waals surface area contributed by atoms with Crippen LogP contribution in [0.25, 0.3) is 5.70 Å². The van der Waals surface area contributed by atoms with E-state index in [1.54, 1.807) is 30.2 Å². The Hall–Kier alpha value is -3.28. The van der Waals surface area contributed by atoms with Crippen molar-refractivity contribution in [3.8, 4) is 5.75 Å². The van der Waals surface area contributed by atoms with Gasteiger partial charge in [0.2, 0.25) is 0 Å². The molecule has 0 saturated carbocycles. The average Bonchev–Trinajstić information content (AvgIpc) is 2.81. The second-order valence-electron chi connectivity index (χ2n) is 7.28. The van der Waals surface area contributed by atoms with E-state index in [2.05, 4.69) is 5.32 Å². The molecule has 2 atom stereocenters. The molecule has 31 heavy (non-hydrogen) atoms. The number of aliphatic hydroxyl groups excluding tert-OH is 1. The predicted octanol–water partition coefficient (Wildman–Crippen LogP) is 4.69. The second-order valence-corrected chi connectivity index (χ2v) is 7.69. The molecule has 0 spiro atoms. The largest absolute Gasteiger partial charge is 0.497 e. The van der Waals surface area contributed by atoms with Crippen LogP contribution in [0.3, 0.4) is 0 Å². The first-order valence-corrected chi connectivity index (χ1v) is 10.4. The number of aliphatic hydroxyl groups is 1.